The Bertz CT molecular complexity index is 843. The molecular weight excluding hydrogens is 324 g/mol. The number of carbonyl (C=O) groups excluding carboxylic acids is 1. The highest BCUT2D eigenvalue weighted by Gasteiger charge is 2.12. The lowest BCUT2D eigenvalue weighted by atomic mass is 10.1. The molecule has 122 valence electrons. The zero-order valence-electron chi connectivity index (χ0n) is 13.4. The first-order valence-electron chi connectivity index (χ1n) is 7.36. The summed E-state index contributed by atoms with van der Waals surface area (Å²) in [6.07, 6.45) is 0. The Hall–Kier alpha value is -2.60. The summed E-state index contributed by atoms with van der Waals surface area (Å²) in [6, 6.07) is 14.9. The largest absolute Gasteiger partial charge is 0.497 e. The molecule has 0 atom stereocenters. The minimum absolute atomic E-state index is 0.0288. The van der Waals surface area contributed by atoms with E-state index in [1.165, 1.54) is 11.8 Å². The number of rotatable bonds is 6. The Morgan fingerprint density at radius 3 is 2.71 bits per heavy atom. The van der Waals surface area contributed by atoms with Crippen LogP contribution in [-0.4, -0.2) is 28.8 Å². The van der Waals surface area contributed by atoms with Crippen LogP contribution in [0.25, 0.3) is 11.5 Å². The third kappa shape index (κ3) is 3.83. The SMILES string of the molecule is COc1cccc(-c2nnc(SCC(=O)c3ccc(C)cc3)o2)c1. The first-order valence-corrected chi connectivity index (χ1v) is 8.35. The van der Waals surface area contributed by atoms with Crippen LogP contribution in [0.15, 0.2) is 58.2 Å². The number of aromatic nitrogens is 2. The van der Waals surface area contributed by atoms with Gasteiger partial charge in [-0.25, -0.2) is 0 Å². The van der Waals surface area contributed by atoms with Gasteiger partial charge in [-0.15, -0.1) is 10.2 Å². The number of ether oxygens (including phenoxy) is 1. The maximum Gasteiger partial charge on any atom is 0.277 e. The van der Waals surface area contributed by atoms with Crippen LogP contribution in [0.3, 0.4) is 0 Å². The average molecular weight is 340 g/mol. The fourth-order valence-electron chi connectivity index (χ4n) is 2.09. The number of hydrogen-bond acceptors (Lipinski definition) is 6. The van der Waals surface area contributed by atoms with Gasteiger partial charge in [-0.05, 0) is 25.1 Å². The Balaban J connectivity index is 1.65. The molecule has 0 aliphatic rings. The van der Waals surface area contributed by atoms with Crippen molar-refractivity contribution in [3.63, 3.8) is 0 Å². The lowest BCUT2D eigenvalue weighted by Gasteiger charge is -2.00. The molecule has 0 aliphatic heterocycles. The van der Waals surface area contributed by atoms with E-state index in [2.05, 4.69) is 10.2 Å². The number of carbonyl (C=O) groups is 1. The summed E-state index contributed by atoms with van der Waals surface area (Å²) >= 11 is 1.23. The second kappa shape index (κ2) is 7.31. The number of nitrogens with zero attached hydrogens (tertiary/aromatic N) is 2. The number of benzene rings is 2. The molecule has 0 fully saturated rings. The van der Waals surface area contributed by atoms with Gasteiger partial charge < -0.3 is 9.15 Å². The Morgan fingerprint density at radius 2 is 1.96 bits per heavy atom. The van der Waals surface area contributed by atoms with Crippen molar-refractivity contribution in [2.45, 2.75) is 12.1 Å². The summed E-state index contributed by atoms with van der Waals surface area (Å²) in [5.74, 6) is 1.40. The van der Waals surface area contributed by atoms with Gasteiger partial charge in [0.2, 0.25) is 5.89 Å². The molecule has 0 spiro atoms. The van der Waals surface area contributed by atoms with Gasteiger partial charge in [0, 0.05) is 11.1 Å². The number of methoxy groups -OCH3 is 1. The normalized spacial score (nSPS) is 10.6. The van der Waals surface area contributed by atoms with E-state index >= 15 is 0 Å². The van der Waals surface area contributed by atoms with Crippen LogP contribution in [-0.2, 0) is 0 Å². The lowest BCUT2D eigenvalue weighted by molar-refractivity contribution is 0.102. The van der Waals surface area contributed by atoms with Crippen molar-refractivity contribution in [3.8, 4) is 17.2 Å². The summed E-state index contributed by atoms with van der Waals surface area (Å²) in [5.41, 5.74) is 2.58. The third-order valence-electron chi connectivity index (χ3n) is 3.42. The molecule has 2 aromatic carbocycles. The van der Waals surface area contributed by atoms with Crippen molar-refractivity contribution in [2.75, 3.05) is 12.9 Å². The molecule has 0 N–H and O–H groups in total. The molecule has 0 bridgehead atoms. The number of ketones is 1. The molecule has 1 heterocycles. The molecule has 0 radical (unpaired) electrons. The van der Waals surface area contributed by atoms with E-state index in [-0.39, 0.29) is 11.5 Å². The van der Waals surface area contributed by atoms with Crippen LogP contribution >= 0.6 is 11.8 Å². The predicted octanol–water partition coefficient (Wildman–Crippen LogP) is 4.03. The smallest absolute Gasteiger partial charge is 0.277 e. The molecule has 1 aromatic heterocycles. The van der Waals surface area contributed by atoms with Gasteiger partial charge in [-0.3, -0.25) is 4.79 Å². The van der Waals surface area contributed by atoms with Gasteiger partial charge in [-0.1, -0.05) is 47.7 Å². The number of thioether (sulfide) groups is 1. The molecule has 5 nitrogen and oxygen atoms in total. The van der Waals surface area contributed by atoms with Gasteiger partial charge in [0.05, 0.1) is 12.9 Å². The van der Waals surface area contributed by atoms with Crippen LogP contribution in [0.1, 0.15) is 15.9 Å². The minimum Gasteiger partial charge on any atom is -0.497 e. The molecule has 24 heavy (non-hydrogen) atoms. The molecule has 0 unspecified atom stereocenters. The molecule has 0 aliphatic carbocycles. The topological polar surface area (TPSA) is 65.2 Å². The highest BCUT2D eigenvalue weighted by atomic mass is 32.2. The van der Waals surface area contributed by atoms with Crippen molar-refractivity contribution in [2.24, 2.45) is 0 Å². The van der Waals surface area contributed by atoms with Gasteiger partial charge in [-0.2, -0.15) is 0 Å². The highest BCUT2D eigenvalue weighted by molar-refractivity contribution is 7.99. The zero-order valence-corrected chi connectivity index (χ0v) is 14.2. The molecule has 0 amide bonds. The minimum atomic E-state index is 0.0288. The average Bonchev–Trinajstić information content (AvgIpc) is 3.09. The molecule has 3 rings (SSSR count). The van der Waals surface area contributed by atoms with E-state index in [9.17, 15) is 4.79 Å². The van der Waals surface area contributed by atoms with E-state index in [4.69, 9.17) is 9.15 Å². The van der Waals surface area contributed by atoms with E-state index in [1.54, 1.807) is 7.11 Å². The first kappa shape index (κ1) is 16.3. The second-order valence-electron chi connectivity index (χ2n) is 5.18. The Labute approximate surface area is 144 Å². The van der Waals surface area contributed by atoms with Crippen LogP contribution in [0.5, 0.6) is 5.75 Å². The van der Waals surface area contributed by atoms with Crippen LogP contribution < -0.4 is 4.74 Å². The van der Waals surface area contributed by atoms with Gasteiger partial charge in [0.15, 0.2) is 5.78 Å². The highest BCUT2D eigenvalue weighted by Crippen LogP contribution is 2.26. The van der Waals surface area contributed by atoms with Crippen LogP contribution in [0.2, 0.25) is 0 Å². The van der Waals surface area contributed by atoms with Gasteiger partial charge >= 0.3 is 0 Å². The third-order valence-corrected chi connectivity index (χ3v) is 4.24. The van der Waals surface area contributed by atoms with Crippen molar-refractivity contribution in [1.82, 2.24) is 10.2 Å². The van der Waals surface area contributed by atoms with Crippen molar-refractivity contribution in [1.29, 1.82) is 0 Å². The summed E-state index contributed by atoms with van der Waals surface area (Å²) in [4.78, 5) is 12.2. The monoisotopic (exact) mass is 340 g/mol. The van der Waals surface area contributed by atoms with Crippen molar-refractivity contribution < 1.29 is 13.9 Å². The summed E-state index contributed by atoms with van der Waals surface area (Å²) < 4.78 is 10.8. The molecule has 0 saturated heterocycles. The predicted molar refractivity (Wildman–Crippen MR) is 92.5 cm³/mol. The summed E-state index contributed by atoms with van der Waals surface area (Å²) in [7, 11) is 1.60. The van der Waals surface area contributed by atoms with Crippen molar-refractivity contribution in [3.05, 3.63) is 59.7 Å². The summed E-state index contributed by atoms with van der Waals surface area (Å²) in [6.45, 7) is 1.99. The van der Waals surface area contributed by atoms with Crippen LogP contribution in [0.4, 0.5) is 0 Å². The molecule has 0 saturated carbocycles. The Morgan fingerprint density at radius 1 is 1.17 bits per heavy atom. The molecule has 6 heteroatoms. The molecule has 3 aromatic rings. The van der Waals surface area contributed by atoms with E-state index in [0.717, 1.165) is 16.9 Å². The quantitative estimate of drug-likeness (QED) is 0.499. The standard InChI is InChI=1S/C18H16N2O3S/c1-12-6-8-13(9-7-12)16(21)11-24-18-20-19-17(23-18)14-4-3-5-15(10-14)22-2/h3-10H,11H2,1-2H3. The van der Waals surface area contributed by atoms with E-state index in [0.29, 0.717) is 16.7 Å². The fraction of sp³-hybridized carbons (Fsp3) is 0.167. The van der Waals surface area contributed by atoms with Gasteiger partial charge in [0.25, 0.3) is 5.22 Å². The summed E-state index contributed by atoms with van der Waals surface area (Å²) in [5, 5.41) is 8.37. The van der Waals surface area contributed by atoms with E-state index in [1.807, 2.05) is 55.5 Å². The number of aryl methyl sites for hydroxylation is 1. The maximum atomic E-state index is 12.2. The van der Waals surface area contributed by atoms with E-state index < -0.39 is 0 Å². The lowest BCUT2D eigenvalue weighted by Crippen LogP contribution is -2.02. The van der Waals surface area contributed by atoms with Gasteiger partial charge in [0.1, 0.15) is 5.75 Å². The fourth-order valence-corrected chi connectivity index (χ4v) is 2.75. The number of hydrogen-bond donors (Lipinski definition) is 0. The zero-order chi connectivity index (χ0) is 16.9. The first-order chi connectivity index (χ1) is 11.7. The van der Waals surface area contributed by atoms with Crippen molar-refractivity contribution >= 4 is 17.5 Å². The second-order valence-corrected chi connectivity index (χ2v) is 6.11. The molecular formula is C18H16N2O3S. The Kier molecular flexibility index (Phi) is 4.96. The van der Waals surface area contributed by atoms with Crippen LogP contribution in [0, 0.1) is 6.92 Å². The maximum absolute atomic E-state index is 12.2. The number of Topliss-reactive ketones (excluding diaryl/α,β-unsaturated/α-hetero) is 1.